The van der Waals surface area contributed by atoms with Gasteiger partial charge in [0.15, 0.2) is 0 Å². The fourth-order valence-corrected chi connectivity index (χ4v) is 2.60. The van der Waals surface area contributed by atoms with Gasteiger partial charge in [0.2, 0.25) is 5.91 Å². The van der Waals surface area contributed by atoms with Gasteiger partial charge < -0.3 is 15.0 Å². The topological polar surface area (TPSA) is 58.6 Å². The van der Waals surface area contributed by atoms with Crippen LogP contribution in [0.2, 0.25) is 0 Å². The average molecular weight is 290 g/mol. The molecule has 1 unspecified atom stereocenters. The van der Waals surface area contributed by atoms with Crippen LogP contribution in [0, 0.1) is 5.41 Å². The maximum atomic E-state index is 12.8. The molecule has 1 aliphatic heterocycles. The summed E-state index contributed by atoms with van der Waals surface area (Å²) in [7, 11) is 1.34. The SMILES string of the molecule is COC(=O)CN(Cc1ccccc1)C(=O)C1(C)CCNC1. The molecule has 0 aliphatic carbocycles. The third-order valence-corrected chi connectivity index (χ3v) is 3.94. The first-order valence-corrected chi connectivity index (χ1v) is 7.16. The number of esters is 1. The van der Waals surface area contributed by atoms with E-state index >= 15 is 0 Å². The number of benzene rings is 1. The summed E-state index contributed by atoms with van der Waals surface area (Å²) in [6.07, 6.45) is 0.790. The molecule has 0 bridgehead atoms. The Kier molecular flexibility index (Phi) is 4.96. The molecule has 1 aromatic carbocycles. The second-order valence-corrected chi connectivity index (χ2v) is 5.71. The van der Waals surface area contributed by atoms with Crippen molar-refractivity contribution in [1.29, 1.82) is 0 Å². The zero-order valence-electron chi connectivity index (χ0n) is 12.6. The minimum absolute atomic E-state index is 0.00162. The average Bonchev–Trinajstić information content (AvgIpc) is 2.94. The molecule has 0 radical (unpaired) electrons. The zero-order valence-corrected chi connectivity index (χ0v) is 12.6. The van der Waals surface area contributed by atoms with E-state index < -0.39 is 11.4 Å². The lowest BCUT2D eigenvalue weighted by Crippen LogP contribution is -2.45. The highest BCUT2D eigenvalue weighted by Crippen LogP contribution is 2.28. The molecular formula is C16H22N2O3. The summed E-state index contributed by atoms with van der Waals surface area (Å²) in [6, 6.07) is 9.68. The number of carbonyl (C=O) groups excluding carboxylic acids is 2. The van der Waals surface area contributed by atoms with Crippen molar-refractivity contribution in [3.05, 3.63) is 35.9 Å². The minimum Gasteiger partial charge on any atom is -0.468 e. The molecule has 1 saturated heterocycles. The Morgan fingerprint density at radius 1 is 1.33 bits per heavy atom. The Hall–Kier alpha value is -1.88. The summed E-state index contributed by atoms with van der Waals surface area (Å²) in [4.78, 5) is 26.0. The molecule has 5 nitrogen and oxygen atoms in total. The lowest BCUT2D eigenvalue weighted by atomic mass is 9.88. The van der Waals surface area contributed by atoms with Crippen LogP contribution in [0.15, 0.2) is 30.3 Å². The van der Waals surface area contributed by atoms with E-state index in [-0.39, 0.29) is 12.5 Å². The molecule has 1 aliphatic rings. The van der Waals surface area contributed by atoms with Crippen molar-refractivity contribution >= 4 is 11.9 Å². The molecule has 1 fully saturated rings. The van der Waals surface area contributed by atoms with Crippen molar-refractivity contribution < 1.29 is 14.3 Å². The Labute approximate surface area is 125 Å². The first-order chi connectivity index (χ1) is 10.0. The van der Waals surface area contributed by atoms with Crippen LogP contribution in [0.5, 0.6) is 0 Å². The lowest BCUT2D eigenvalue weighted by molar-refractivity contribution is -0.151. The van der Waals surface area contributed by atoms with E-state index in [4.69, 9.17) is 4.74 Å². The molecule has 1 amide bonds. The van der Waals surface area contributed by atoms with Crippen molar-refractivity contribution in [1.82, 2.24) is 10.2 Å². The molecule has 114 valence electrons. The monoisotopic (exact) mass is 290 g/mol. The van der Waals surface area contributed by atoms with Gasteiger partial charge in [0, 0.05) is 13.1 Å². The van der Waals surface area contributed by atoms with Crippen molar-refractivity contribution in [2.24, 2.45) is 5.41 Å². The van der Waals surface area contributed by atoms with E-state index in [0.717, 1.165) is 18.5 Å². The van der Waals surface area contributed by atoms with Gasteiger partial charge in [-0.25, -0.2) is 0 Å². The van der Waals surface area contributed by atoms with Crippen molar-refractivity contribution in [3.8, 4) is 0 Å². The van der Waals surface area contributed by atoms with Crippen LogP contribution >= 0.6 is 0 Å². The number of amides is 1. The zero-order chi connectivity index (χ0) is 15.3. The summed E-state index contributed by atoms with van der Waals surface area (Å²) in [5.41, 5.74) is 0.562. The highest BCUT2D eigenvalue weighted by Gasteiger charge is 2.39. The summed E-state index contributed by atoms with van der Waals surface area (Å²) in [5.74, 6) is -0.393. The predicted molar refractivity (Wildman–Crippen MR) is 79.5 cm³/mol. The van der Waals surface area contributed by atoms with Crippen LogP contribution in [-0.2, 0) is 20.9 Å². The van der Waals surface area contributed by atoms with Gasteiger partial charge in [0.1, 0.15) is 6.54 Å². The van der Waals surface area contributed by atoms with Crippen molar-refractivity contribution in [3.63, 3.8) is 0 Å². The van der Waals surface area contributed by atoms with Gasteiger partial charge in [-0.05, 0) is 25.5 Å². The van der Waals surface area contributed by atoms with Crippen LogP contribution in [0.4, 0.5) is 0 Å². The Morgan fingerprint density at radius 3 is 2.62 bits per heavy atom. The predicted octanol–water partition coefficient (Wildman–Crippen LogP) is 1.19. The number of ether oxygens (including phenoxy) is 1. The second-order valence-electron chi connectivity index (χ2n) is 5.71. The number of hydrogen-bond donors (Lipinski definition) is 1. The maximum absolute atomic E-state index is 12.8. The largest absolute Gasteiger partial charge is 0.468 e. The van der Waals surface area contributed by atoms with E-state index in [9.17, 15) is 9.59 Å². The van der Waals surface area contributed by atoms with E-state index in [0.29, 0.717) is 13.1 Å². The third-order valence-electron chi connectivity index (χ3n) is 3.94. The van der Waals surface area contributed by atoms with Gasteiger partial charge in [-0.3, -0.25) is 9.59 Å². The number of nitrogens with one attached hydrogen (secondary N) is 1. The Morgan fingerprint density at radius 2 is 2.05 bits per heavy atom. The minimum atomic E-state index is -0.442. The van der Waals surface area contributed by atoms with Crippen LogP contribution in [0.1, 0.15) is 18.9 Å². The molecule has 5 heteroatoms. The highest BCUT2D eigenvalue weighted by atomic mass is 16.5. The van der Waals surface area contributed by atoms with Crippen LogP contribution in [0.3, 0.4) is 0 Å². The fraction of sp³-hybridized carbons (Fsp3) is 0.500. The van der Waals surface area contributed by atoms with Gasteiger partial charge in [-0.2, -0.15) is 0 Å². The van der Waals surface area contributed by atoms with Gasteiger partial charge in [-0.15, -0.1) is 0 Å². The standard InChI is InChI=1S/C16H22N2O3/c1-16(8-9-17-12-16)15(20)18(11-14(19)21-2)10-13-6-4-3-5-7-13/h3-7,17H,8-12H2,1-2H3. The van der Waals surface area contributed by atoms with Crippen LogP contribution in [-0.4, -0.2) is 43.5 Å². The van der Waals surface area contributed by atoms with E-state index in [1.165, 1.54) is 7.11 Å². The van der Waals surface area contributed by atoms with Gasteiger partial charge in [-0.1, -0.05) is 30.3 Å². The Balaban J connectivity index is 2.15. The number of hydrogen-bond acceptors (Lipinski definition) is 4. The number of nitrogens with zero attached hydrogens (tertiary/aromatic N) is 1. The molecule has 0 saturated carbocycles. The first kappa shape index (κ1) is 15.5. The molecule has 21 heavy (non-hydrogen) atoms. The normalized spacial score (nSPS) is 21.0. The van der Waals surface area contributed by atoms with Crippen LogP contribution in [0.25, 0.3) is 0 Å². The number of carbonyl (C=O) groups is 2. The third kappa shape index (κ3) is 3.82. The first-order valence-electron chi connectivity index (χ1n) is 7.16. The molecule has 1 atom stereocenters. The van der Waals surface area contributed by atoms with Gasteiger partial charge in [0.05, 0.1) is 12.5 Å². The lowest BCUT2D eigenvalue weighted by Gasteiger charge is -2.30. The molecule has 0 aromatic heterocycles. The van der Waals surface area contributed by atoms with Crippen molar-refractivity contribution in [2.75, 3.05) is 26.7 Å². The molecule has 1 heterocycles. The summed E-state index contributed by atoms with van der Waals surface area (Å²) in [5, 5.41) is 3.22. The summed E-state index contributed by atoms with van der Waals surface area (Å²) in [6.45, 7) is 3.84. The van der Waals surface area contributed by atoms with Gasteiger partial charge in [0.25, 0.3) is 0 Å². The smallest absolute Gasteiger partial charge is 0.325 e. The van der Waals surface area contributed by atoms with Crippen LogP contribution < -0.4 is 5.32 Å². The van der Waals surface area contributed by atoms with E-state index in [2.05, 4.69) is 5.32 Å². The molecule has 1 aromatic rings. The fourth-order valence-electron chi connectivity index (χ4n) is 2.60. The maximum Gasteiger partial charge on any atom is 0.325 e. The van der Waals surface area contributed by atoms with Crippen molar-refractivity contribution in [2.45, 2.75) is 19.9 Å². The van der Waals surface area contributed by atoms with Gasteiger partial charge >= 0.3 is 5.97 Å². The summed E-state index contributed by atoms with van der Waals surface area (Å²) < 4.78 is 4.72. The molecule has 0 spiro atoms. The highest BCUT2D eigenvalue weighted by molar-refractivity contribution is 5.86. The van der Waals surface area contributed by atoms with E-state index in [1.807, 2.05) is 37.3 Å². The quantitative estimate of drug-likeness (QED) is 0.828. The Bertz CT molecular complexity index is 496. The number of rotatable bonds is 5. The number of methoxy groups -OCH3 is 1. The molecular weight excluding hydrogens is 268 g/mol. The summed E-state index contributed by atoms with van der Waals surface area (Å²) >= 11 is 0. The second kappa shape index (κ2) is 6.72. The molecule has 1 N–H and O–H groups in total. The molecule has 2 rings (SSSR count). The van der Waals surface area contributed by atoms with E-state index in [1.54, 1.807) is 4.90 Å².